The maximum atomic E-state index is 11.7. The van der Waals surface area contributed by atoms with Gasteiger partial charge in [0.15, 0.2) is 0 Å². The Morgan fingerprint density at radius 3 is 2.29 bits per heavy atom. The second-order valence-corrected chi connectivity index (χ2v) is 6.46. The van der Waals surface area contributed by atoms with E-state index in [1.54, 1.807) is 0 Å². The van der Waals surface area contributed by atoms with E-state index in [1.165, 1.54) is 0 Å². The molecule has 0 aliphatic carbocycles. The number of nitrogens with one attached hydrogen (secondary N) is 2. The van der Waals surface area contributed by atoms with E-state index in [9.17, 15) is 4.79 Å². The van der Waals surface area contributed by atoms with E-state index >= 15 is 0 Å². The van der Waals surface area contributed by atoms with Crippen molar-refractivity contribution in [1.82, 2.24) is 10.6 Å². The van der Waals surface area contributed by atoms with E-state index in [0.29, 0.717) is 13.0 Å². The van der Waals surface area contributed by atoms with E-state index in [1.807, 2.05) is 0 Å². The van der Waals surface area contributed by atoms with Crippen molar-refractivity contribution in [3.05, 3.63) is 0 Å². The van der Waals surface area contributed by atoms with Crippen molar-refractivity contribution < 1.29 is 4.79 Å². The third-order valence-electron chi connectivity index (χ3n) is 3.16. The lowest BCUT2D eigenvalue weighted by atomic mass is 9.79. The smallest absolute Gasteiger partial charge is 0.220 e. The van der Waals surface area contributed by atoms with Crippen LogP contribution in [0.15, 0.2) is 0 Å². The number of piperidine rings is 1. The molecule has 0 spiro atoms. The van der Waals surface area contributed by atoms with Gasteiger partial charge in [-0.2, -0.15) is 0 Å². The van der Waals surface area contributed by atoms with Crippen LogP contribution in [0, 0.1) is 0 Å². The van der Waals surface area contributed by atoms with Crippen LogP contribution in [0.4, 0.5) is 0 Å². The quantitative estimate of drug-likeness (QED) is 0.691. The van der Waals surface area contributed by atoms with Crippen LogP contribution in [0.1, 0.15) is 53.4 Å². The monoisotopic (exact) mass is 241 g/mol. The minimum Gasteiger partial charge on any atom is -0.353 e. The lowest BCUT2D eigenvalue weighted by Gasteiger charge is -2.46. The first kappa shape index (κ1) is 14.5. The summed E-state index contributed by atoms with van der Waals surface area (Å²) >= 11 is 0. The van der Waals surface area contributed by atoms with Gasteiger partial charge in [0.1, 0.15) is 0 Å². The van der Waals surface area contributed by atoms with Gasteiger partial charge < -0.3 is 16.4 Å². The van der Waals surface area contributed by atoms with Gasteiger partial charge in [-0.05, 0) is 53.5 Å². The zero-order chi connectivity index (χ0) is 13.1. The Morgan fingerprint density at radius 1 is 1.29 bits per heavy atom. The number of hydrogen-bond donors (Lipinski definition) is 3. The summed E-state index contributed by atoms with van der Waals surface area (Å²) < 4.78 is 0. The molecule has 0 radical (unpaired) electrons. The van der Waals surface area contributed by atoms with E-state index in [4.69, 9.17) is 5.73 Å². The Balaban J connectivity index is 2.51. The number of carbonyl (C=O) groups excluding carboxylic acids is 1. The van der Waals surface area contributed by atoms with Crippen molar-refractivity contribution in [1.29, 1.82) is 0 Å². The SMILES string of the molecule is CC1(C)CC(NC(=O)CCCN)CC(C)(C)N1. The third kappa shape index (κ3) is 5.04. The molecule has 4 nitrogen and oxygen atoms in total. The molecule has 0 atom stereocenters. The molecule has 1 fully saturated rings. The van der Waals surface area contributed by atoms with E-state index in [0.717, 1.165) is 19.3 Å². The summed E-state index contributed by atoms with van der Waals surface area (Å²) in [7, 11) is 0. The van der Waals surface area contributed by atoms with Gasteiger partial charge >= 0.3 is 0 Å². The number of nitrogens with two attached hydrogens (primary N) is 1. The van der Waals surface area contributed by atoms with Crippen LogP contribution in [-0.2, 0) is 4.79 Å². The van der Waals surface area contributed by atoms with Crippen LogP contribution in [0.25, 0.3) is 0 Å². The van der Waals surface area contributed by atoms with Gasteiger partial charge in [0.25, 0.3) is 0 Å². The Labute approximate surface area is 105 Å². The molecule has 0 aromatic rings. The lowest BCUT2D eigenvalue weighted by molar-refractivity contribution is -0.122. The van der Waals surface area contributed by atoms with Gasteiger partial charge in [-0.1, -0.05) is 0 Å². The normalized spacial score (nSPS) is 23.4. The number of carbonyl (C=O) groups is 1. The molecule has 0 bridgehead atoms. The Morgan fingerprint density at radius 2 is 1.82 bits per heavy atom. The fraction of sp³-hybridized carbons (Fsp3) is 0.923. The molecule has 0 unspecified atom stereocenters. The molecule has 1 rings (SSSR count). The maximum absolute atomic E-state index is 11.7. The molecule has 1 aliphatic heterocycles. The van der Waals surface area contributed by atoms with E-state index < -0.39 is 0 Å². The summed E-state index contributed by atoms with van der Waals surface area (Å²) in [5, 5.41) is 6.74. The van der Waals surface area contributed by atoms with Crippen molar-refractivity contribution >= 4 is 5.91 Å². The fourth-order valence-corrected chi connectivity index (χ4v) is 2.99. The van der Waals surface area contributed by atoms with Gasteiger partial charge in [-0.3, -0.25) is 4.79 Å². The van der Waals surface area contributed by atoms with E-state index in [2.05, 4.69) is 38.3 Å². The lowest BCUT2D eigenvalue weighted by Crippen LogP contribution is -2.62. The molecule has 4 heteroatoms. The van der Waals surface area contributed by atoms with Crippen LogP contribution in [0.5, 0.6) is 0 Å². The molecule has 100 valence electrons. The zero-order valence-electron chi connectivity index (χ0n) is 11.6. The highest BCUT2D eigenvalue weighted by atomic mass is 16.1. The molecule has 0 aromatic carbocycles. The molecule has 1 aliphatic rings. The summed E-state index contributed by atoms with van der Waals surface area (Å²) in [6.07, 6.45) is 3.26. The van der Waals surface area contributed by atoms with Crippen molar-refractivity contribution in [3.63, 3.8) is 0 Å². The predicted octanol–water partition coefficient (Wildman–Crippen LogP) is 1.15. The molecule has 1 amide bonds. The molecule has 0 saturated carbocycles. The number of amides is 1. The van der Waals surface area contributed by atoms with Crippen molar-refractivity contribution in [3.8, 4) is 0 Å². The predicted molar refractivity (Wildman–Crippen MR) is 70.7 cm³/mol. The molecule has 1 saturated heterocycles. The summed E-state index contributed by atoms with van der Waals surface area (Å²) in [6, 6.07) is 0.270. The molecule has 1 heterocycles. The van der Waals surface area contributed by atoms with Crippen molar-refractivity contribution in [2.24, 2.45) is 5.73 Å². The standard InChI is InChI=1S/C13H27N3O/c1-12(2)8-10(9-13(3,4)16-12)15-11(17)6-5-7-14/h10,16H,5-9,14H2,1-4H3,(H,15,17). The minimum atomic E-state index is 0.0769. The first-order valence-corrected chi connectivity index (χ1v) is 6.53. The highest BCUT2D eigenvalue weighted by molar-refractivity contribution is 5.76. The van der Waals surface area contributed by atoms with Gasteiger partial charge in [-0.25, -0.2) is 0 Å². The van der Waals surface area contributed by atoms with Crippen LogP contribution >= 0.6 is 0 Å². The number of hydrogen-bond acceptors (Lipinski definition) is 3. The second-order valence-electron chi connectivity index (χ2n) is 6.46. The Bertz CT molecular complexity index is 258. The van der Waals surface area contributed by atoms with Crippen LogP contribution in [-0.4, -0.2) is 29.6 Å². The third-order valence-corrected chi connectivity index (χ3v) is 3.16. The molecule has 0 aromatic heterocycles. The Kier molecular flexibility index (Phi) is 4.55. The largest absolute Gasteiger partial charge is 0.353 e. The molecular formula is C13H27N3O. The van der Waals surface area contributed by atoms with Crippen molar-refractivity contribution in [2.75, 3.05) is 6.54 Å². The summed E-state index contributed by atoms with van der Waals surface area (Å²) in [5.41, 5.74) is 5.56. The maximum Gasteiger partial charge on any atom is 0.220 e. The van der Waals surface area contributed by atoms with Gasteiger partial charge in [0.2, 0.25) is 5.91 Å². The summed E-state index contributed by atoms with van der Waals surface area (Å²) in [4.78, 5) is 11.7. The zero-order valence-corrected chi connectivity index (χ0v) is 11.6. The highest BCUT2D eigenvalue weighted by Gasteiger charge is 2.37. The molecular weight excluding hydrogens is 214 g/mol. The first-order chi connectivity index (χ1) is 7.74. The average molecular weight is 241 g/mol. The summed E-state index contributed by atoms with van der Waals surface area (Å²) in [5.74, 6) is 0.133. The van der Waals surface area contributed by atoms with Crippen LogP contribution in [0.3, 0.4) is 0 Å². The van der Waals surface area contributed by atoms with Crippen LogP contribution in [0.2, 0.25) is 0 Å². The Hall–Kier alpha value is -0.610. The first-order valence-electron chi connectivity index (χ1n) is 6.53. The fourth-order valence-electron chi connectivity index (χ4n) is 2.99. The average Bonchev–Trinajstić information content (AvgIpc) is 2.09. The second kappa shape index (κ2) is 5.36. The van der Waals surface area contributed by atoms with Gasteiger partial charge in [-0.15, -0.1) is 0 Å². The van der Waals surface area contributed by atoms with Gasteiger partial charge in [0, 0.05) is 23.5 Å². The number of rotatable bonds is 4. The highest BCUT2D eigenvalue weighted by Crippen LogP contribution is 2.28. The van der Waals surface area contributed by atoms with Crippen LogP contribution < -0.4 is 16.4 Å². The topological polar surface area (TPSA) is 67.2 Å². The van der Waals surface area contributed by atoms with E-state index in [-0.39, 0.29) is 23.0 Å². The molecule has 17 heavy (non-hydrogen) atoms. The van der Waals surface area contributed by atoms with Gasteiger partial charge in [0.05, 0.1) is 0 Å². The molecule has 4 N–H and O–H groups in total. The minimum absolute atomic E-state index is 0.0769. The van der Waals surface area contributed by atoms with Crippen molar-refractivity contribution in [2.45, 2.75) is 70.5 Å². The summed E-state index contributed by atoms with van der Waals surface area (Å²) in [6.45, 7) is 9.33.